The van der Waals surface area contributed by atoms with Gasteiger partial charge in [0, 0.05) is 28.9 Å². The summed E-state index contributed by atoms with van der Waals surface area (Å²) < 4.78 is 0. The molecule has 94 valence electrons. The third-order valence-corrected chi connectivity index (χ3v) is 3.95. The van der Waals surface area contributed by atoms with Crippen LogP contribution in [0.1, 0.15) is 18.5 Å². The zero-order chi connectivity index (χ0) is 12.3. The number of piperidine rings is 1. The fourth-order valence-electron chi connectivity index (χ4n) is 2.41. The van der Waals surface area contributed by atoms with Crippen LogP contribution in [0.5, 0.6) is 0 Å². The maximum Gasteiger partial charge on any atom is 0.0492 e. The Labute approximate surface area is 107 Å². The number of halogens is 1. The van der Waals surface area contributed by atoms with Gasteiger partial charge in [-0.1, -0.05) is 11.6 Å². The van der Waals surface area contributed by atoms with E-state index in [2.05, 4.69) is 16.9 Å². The molecule has 0 aromatic carbocycles. The summed E-state index contributed by atoms with van der Waals surface area (Å²) in [6.45, 7) is 2.32. The summed E-state index contributed by atoms with van der Waals surface area (Å²) in [4.78, 5) is 6.64. The molecule has 0 bridgehead atoms. The molecule has 0 atom stereocenters. The van der Waals surface area contributed by atoms with E-state index in [1.54, 1.807) is 12.3 Å². The Kier molecular flexibility index (Phi) is 4.02. The number of hydrogen-bond acceptors (Lipinski definition) is 3. The van der Waals surface area contributed by atoms with E-state index in [4.69, 9.17) is 11.6 Å². The monoisotopic (exact) mass is 254 g/mol. The number of aliphatic hydroxyl groups excluding tert-OH is 1. The molecular weight excluding hydrogens is 236 g/mol. The molecule has 0 aliphatic carbocycles. The van der Waals surface area contributed by atoms with Crippen LogP contribution < -0.4 is 0 Å². The molecule has 4 heteroatoms. The van der Waals surface area contributed by atoms with Crippen molar-refractivity contribution in [1.82, 2.24) is 9.88 Å². The van der Waals surface area contributed by atoms with Gasteiger partial charge >= 0.3 is 0 Å². The highest BCUT2D eigenvalue weighted by molar-refractivity contribution is 6.30. The van der Waals surface area contributed by atoms with Crippen molar-refractivity contribution >= 4 is 11.6 Å². The van der Waals surface area contributed by atoms with Gasteiger partial charge in [-0.15, -0.1) is 0 Å². The van der Waals surface area contributed by atoms with Gasteiger partial charge in [0.05, 0.1) is 0 Å². The van der Waals surface area contributed by atoms with Crippen LogP contribution in [0, 0.1) is 5.41 Å². The molecule has 1 N–H and O–H groups in total. The first-order chi connectivity index (χ1) is 8.13. The predicted octanol–water partition coefficient (Wildman–Crippen LogP) is 1.98. The smallest absolute Gasteiger partial charge is 0.0492 e. The van der Waals surface area contributed by atoms with Crippen molar-refractivity contribution < 1.29 is 5.11 Å². The molecule has 1 saturated heterocycles. The Bertz CT molecular complexity index is 375. The molecular formula is C13H19ClN2O. The summed E-state index contributed by atoms with van der Waals surface area (Å²) in [6.07, 6.45) is 4.60. The number of hydrogen-bond donors (Lipinski definition) is 1. The van der Waals surface area contributed by atoms with Crippen molar-refractivity contribution in [3.05, 3.63) is 29.0 Å². The van der Waals surface area contributed by atoms with Crippen LogP contribution in [-0.4, -0.2) is 41.7 Å². The van der Waals surface area contributed by atoms with Gasteiger partial charge in [0.1, 0.15) is 0 Å². The Morgan fingerprint density at radius 1 is 1.47 bits per heavy atom. The molecule has 0 amide bonds. The minimum absolute atomic E-state index is 0.00973. The first-order valence-corrected chi connectivity index (χ1v) is 6.41. The van der Waals surface area contributed by atoms with Crippen LogP contribution in [0.3, 0.4) is 0 Å². The van der Waals surface area contributed by atoms with E-state index >= 15 is 0 Å². The number of aliphatic hydroxyl groups is 1. The second kappa shape index (κ2) is 5.34. The van der Waals surface area contributed by atoms with E-state index in [0.29, 0.717) is 0 Å². The van der Waals surface area contributed by atoms with Gasteiger partial charge in [0.2, 0.25) is 0 Å². The van der Waals surface area contributed by atoms with E-state index in [0.717, 1.165) is 43.1 Å². The second-order valence-corrected chi connectivity index (χ2v) is 5.54. The maximum absolute atomic E-state index is 9.68. The van der Waals surface area contributed by atoms with E-state index in [1.165, 1.54) is 0 Å². The molecule has 0 radical (unpaired) electrons. The molecule has 1 fully saturated rings. The van der Waals surface area contributed by atoms with Crippen LogP contribution in [0.25, 0.3) is 0 Å². The lowest BCUT2D eigenvalue weighted by Gasteiger charge is -2.39. The molecule has 2 rings (SSSR count). The fourth-order valence-corrected chi connectivity index (χ4v) is 2.60. The molecule has 3 nitrogen and oxygen atoms in total. The average Bonchev–Trinajstić information content (AvgIpc) is 2.33. The number of pyridine rings is 1. The molecule has 1 aromatic rings. The topological polar surface area (TPSA) is 36.4 Å². The van der Waals surface area contributed by atoms with E-state index in [-0.39, 0.29) is 12.0 Å². The number of rotatable bonds is 3. The third-order valence-electron chi connectivity index (χ3n) is 3.72. The van der Waals surface area contributed by atoms with Gasteiger partial charge < -0.3 is 10.0 Å². The second-order valence-electron chi connectivity index (χ2n) is 5.10. The summed E-state index contributed by atoms with van der Waals surface area (Å²) >= 11 is 5.96. The summed E-state index contributed by atoms with van der Waals surface area (Å²) in [7, 11) is 2.12. The van der Waals surface area contributed by atoms with Gasteiger partial charge in [0.15, 0.2) is 0 Å². The number of nitrogens with zero attached hydrogens (tertiary/aromatic N) is 2. The largest absolute Gasteiger partial charge is 0.396 e. The Morgan fingerprint density at radius 3 is 2.76 bits per heavy atom. The lowest BCUT2D eigenvalue weighted by Crippen LogP contribution is -2.41. The third kappa shape index (κ3) is 3.18. The number of likely N-dealkylation sites (tertiary alicyclic amines) is 1. The SMILES string of the molecule is CN1CCC(CO)(Cc2cc(Cl)ccn2)CC1. The molecule has 1 aromatic heterocycles. The zero-order valence-corrected chi connectivity index (χ0v) is 11.0. The number of aromatic nitrogens is 1. The average molecular weight is 255 g/mol. The van der Waals surface area contributed by atoms with Crippen molar-refractivity contribution in [3.63, 3.8) is 0 Å². The van der Waals surface area contributed by atoms with Crippen molar-refractivity contribution in [2.45, 2.75) is 19.3 Å². The van der Waals surface area contributed by atoms with Gasteiger partial charge in [0.25, 0.3) is 0 Å². The zero-order valence-electron chi connectivity index (χ0n) is 10.2. The first-order valence-electron chi connectivity index (χ1n) is 6.03. The highest BCUT2D eigenvalue weighted by atomic mass is 35.5. The Morgan fingerprint density at radius 2 is 2.18 bits per heavy atom. The highest BCUT2D eigenvalue weighted by Gasteiger charge is 2.33. The summed E-state index contributed by atoms with van der Waals surface area (Å²) in [5, 5.41) is 10.4. The standard InChI is InChI=1S/C13H19ClN2O/c1-16-6-3-13(10-17,4-7-16)9-12-8-11(14)2-5-15-12/h2,5,8,17H,3-4,6-7,9-10H2,1H3. The summed E-state index contributed by atoms with van der Waals surface area (Å²) in [6, 6.07) is 3.68. The van der Waals surface area contributed by atoms with Gasteiger partial charge in [-0.2, -0.15) is 0 Å². The van der Waals surface area contributed by atoms with E-state index in [1.807, 2.05) is 6.07 Å². The lowest BCUT2D eigenvalue weighted by atomic mass is 9.75. The van der Waals surface area contributed by atoms with Crippen LogP contribution >= 0.6 is 11.6 Å². The molecule has 17 heavy (non-hydrogen) atoms. The molecule has 0 spiro atoms. The highest BCUT2D eigenvalue weighted by Crippen LogP contribution is 2.34. The van der Waals surface area contributed by atoms with Crippen molar-refractivity contribution in [2.24, 2.45) is 5.41 Å². The minimum atomic E-state index is -0.00973. The predicted molar refractivity (Wildman–Crippen MR) is 69.2 cm³/mol. The summed E-state index contributed by atoms with van der Waals surface area (Å²) in [5.74, 6) is 0. The molecule has 1 aliphatic rings. The van der Waals surface area contributed by atoms with Crippen LogP contribution in [-0.2, 0) is 6.42 Å². The van der Waals surface area contributed by atoms with Crippen LogP contribution in [0.2, 0.25) is 5.02 Å². The van der Waals surface area contributed by atoms with Gasteiger partial charge in [-0.25, -0.2) is 0 Å². The Balaban J connectivity index is 2.09. The van der Waals surface area contributed by atoms with Gasteiger partial charge in [-0.05, 0) is 51.5 Å². The van der Waals surface area contributed by atoms with Crippen LogP contribution in [0.4, 0.5) is 0 Å². The Hall–Kier alpha value is -0.640. The first kappa shape index (κ1) is 12.8. The normalized spacial score (nSPS) is 20.4. The molecule has 0 saturated carbocycles. The fraction of sp³-hybridized carbons (Fsp3) is 0.615. The molecule has 2 heterocycles. The van der Waals surface area contributed by atoms with Crippen molar-refractivity contribution in [2.75, 3.05) is 26.7 Å². The quantitative estimate of drug-likeness (QED) is 0.896. The molecule has 0 unspecified atom stereocenters. The van der Waals surface area contributed by atoms with Crippen LogP contribution in [0.15, 0.2) is 18.3 Å². The van der Waals surface area contributed by atoms with E-state index < -0.39 is 0 Å². The van der Waals surface area contributed by atoms with E-state index in [9.17, 15) is 5.11 Å². The minimum Gasteiger partial charge on any atom is -0.396 e. The van der Waals surface area contributed by atoms with Gasteiger partial charge in [-0.3, -0.25) is 4.98 Å². The maximum atomic E-state index is 9.68. The summed E-state index contributed by atoms with van der Waals surface area (Å²) in [5.41, 5.74) is 0.973. The molecule has 1 aliphatic heterocycles. The lowest BCUT2D eigenvalue weighted by molar-refractivity contribution is 0.0525. The van der Waals surface area contributed by atoms with Crippen molar-refractivity contribution in [1.29, 1.82) is 0 Å². The van der Waals surface area contributed by atoms with Crippen molar-refractivity contribution in [3.8, 4) is 0 Å².